The second-order valence-corrected chi connectivity index (χ2v) is 9.75. The van der Waals surface area contributed by atoms with Gasteiger partial charge in [-0.3, -0.25) is 4.79 Å². The van der Waals surface area contributed by atoms with Crippen LogP contribution in [0.15, 0.2) is 36.4 Å². The number of fused-ring (bicyclic) bond motifs is 9. The SMILES string of the molecule is [2H]C([2H])([2H])N1C(=O)c2cccc(Cl)c2[C@H]2C[C@@H]1c1nc3ccc(C#CCNC(=O)OC(C)(C)C)cc3n12. The van der Waals surface area contributed by atoms with E-state index in [9.17, 15) is 9.59 Å². The van der Waals surface area contributed by atoms with E-state index < -0.39 is 30.6 Å². The number of hydrogen-bond acceptors (Lipinski definition) is 4. The molecule has 3 aromatic rings. The Morgan fingerprint density at radius 2 is 2.15 bits per heavy atom. The minimum Gasteiger partial charge on any atom is -0.444 e. The normalized spacial score (nSPS) is 20.3. The lowest BCUT2D eigenvalue weighted by Gasteiger charge is -2.24. The van der Waals surface area contributed by atoms with Gasteiger partial charge in [-0.1, -0.05) is 29.5 Å². The number of carbonyl (C=O) groups excluding carboxylic acids is 2. The van der Waals surface area contributed by atoms with Gasteiger partial charge >= 0.3 is 6.09 Å². The molecular formula is C26H25ClN4O3. The summed E-state index contributed by atoms with van der Waals surface area (Å²) in [5.41, 5.74) is 2.41. The summed E-state index contributed by atoms with van der Waals surface area (Å²) in [6, 6.07) is 9.39. The summed E-state index contributed by atoms with van der Waals surface area (Å²) >= 11 is 6.59. The van der Waals surface area contributed by atoms with Crippen molar-refractivity contribution < 1.29 is 18.4 Å². The summed E-state index contributed by atoms with van der Waals surface area (Å²) in [7, 11) is 0. The van der Waals surface area contributed by atoms with Crippen LogP contribution in [0.1, 0.15) is 70.7 Å². The number of imidazole rings is 1. The minimum atomic E-state index is -2.65. The van der Waals surface area contributed by atoms with Gasteiger partial charge in [-0.05, 0) is 51.1 Å². The standard InChI is InChI=1S/C26H25ClN4O3/c1-26(2,3)34-25(33)28-12-6-7-15-10-11-18-19(13-15)31-20-14-21(23(31)29-18)30(4)24(32)16-8-5-9-17(27)22(16)20/h5,8-11,13,20-21H,12,14H2,1-4H3,(H,28,33)/t20-,21-/m1/s1/i4D3. The van der Waals surface area contributed by atoms with Gasteiger partial charge in [-0.25, -0.2) is 9.78 Å². The van der Waals surface area contributed by atoms with Gasteiger partial charge in [0.1, 0.15) is 11.4 Å². The Hall–Kier alpha value is -3.50. The van der Waals surface area contributed by atoms with E-state index in [1.165, 1.54) is 0 Å². The quantitative estimate of drug-likeness (QED) is 0.514. The van der Waals surface area contributed by atoms with Crippen LogP contribution >= 0.6 is 11.6 Å². The zero-order valence-electron chi connectivity index (χ0n) is 22.0. The Morgan fingerprint density at radius 1 is 1.32 bits per heavy atom. The maximum Gasteiger partial charge on any atom is 0.408 e. The highest BCUT2D eigenvalue weighted by molar-refractivity contribution is 6.32. The topological polar surface area (TPSA) is 76.5 Å². The fourth-order valence-electron chi connectivity index (χ4n) is 4.55. The van der Waals surface area contributed by atoms with E-state index in [1.54, 1.807) is 39.0 Å². The van der Waals surface area contributed by atoms with Crippen molar-refractivity contribution in [2.45, 2.75) is 44.9 Å². The average molecular weight is 480 g/mol. The lowest BCUT2D eigenvalue weighted by Crippen LogP contribution is -2.32. The summed E-state index contributed by atoms with van der Waals surface area (Å²) in [6.45, 7) is 2.82. The maximum absolute atomic E-state index is 13.4. The largest absolute Gasteiger partial charge is 0.444 e. The lowest BCUT2D eigenvalue weighted by molar-refractivity contribution is 0.0534. The van der Waals surface area contributed by atoms with Crippen molar-refractivity contribution in [3.05, 3.63) is 63.9 Å². The highest BCUT2D eigenvalue weighted by Crippen LogP contribution is 2.49. The molecule has 2 aliphatic rings. The van der Waals surface area contributed by atoms with Crippen molar-refractivity contribution in [3.8, 4) is 11.8 Å². The van der Waals surface area contributed by atoms with Crippen LogP contribution in [-0.2, 0) is 4.74 Å². The molecule has 174 valence electrons. The molecule has 3 heterocycles. The van der Waals surface area contributed by atoms with Crippen molar-refractivity contribution in [1.82, 2.24) is 19.8 Å². The molecule has 2 aliphatic heterocycles. The molecule has 0 saturated heterocycles. The molecule has 0 fully saturated rings. The number of halogens is 1. The van der Waals surface area contributed by atoms with Crippen molar-refractivity contribution in [1.29, 1.82) is 0 Å². The number of amides is 2. The van der Waals surface area contributed by atoms with E-state index in [4.69, 9.17) is 25.4 Å². The molecule has 2 amide bonds. The van der Waals surface area contributed by atoms with Crippen LogP contribution in [0.25, 0.3) is 11.0 Å². The molecule has 2 bridgehead atoms. The van der Waals surface area contributed by atoms with Gasteiger partial charge in [0.2, 0.25) is 0 Å². The van der Waals surface area contributed by atoms with Crippen molar-refractivity contribution >= 4 is 34.6 Å². The zero-order chi connectivity index (χ0) is 26.7. The summed E-state index contributed by atoms with van der Waals surface area (Å²) in [5.74, 6) is 5.88. The first-order chi connectivity index (χ1) is 17.3. The van der Waals surface area contributed by atoms with Crippen molar-refractivity contribution in [2.75, 3.05) is 13.5 Å². The fraction of sp³-hybridized carbons (Fsp3) is 0.346. The van der Waals surface area contributed by atoms with Gasteiger partial charge in [-0.15, -0.1) is 0 Å². The molecule has 5 rings (SSSR count). The molecule has 8 heteroatoms. The minimum absolute atomic E-state index is 0.112. The summed E-state index contributed by atoms with van der Waals surface area (Å²) in [6.07, 6.45) is -0.187. The Labute approximate surface area is 207 Å². The number of alkyl carbamates (subject to hydrolysis) is 1. The molecule has 2 atom stereocenters. The third-order valence-electron chi connectivity index (χ3n) is 5.87. The van der Waals surface area contributed by atoms with Crippen LogP contribution in [0, 0.1) is 11.8 Å². The average Bonchev–Trinajstić information content (AvgIpc) is 3.27. The Morgan fingerprint density at radius 3 is 2.91 bits per heavy atom. The molecule has 0 saturated carbocycles. The summed E-state index contributed by atoms with van der Waals surface area (Å²) in [4.78, 5) is 30.9. The first-order valence-electron chi connectivity index (χ1n) is 12.4. The van der Waals surface area contributed by atoms with Crippen LogP contribution in [0.5, 0.6) is 0 Å². The van der Waals surface area contributed by atoms with Crippen LogP contribution in [0.3, 0.4) is 0 Å². The van der Waals surface area contributed by atoms with E-state index in [-0.39, 0.29) is 18.2 Å². The number of benzene rings is 2. The first-order valence-corrected chi connectivity index (χ1v) is 11.3. The van der Waals surface area contributed by atoms with Gasteiger partial charge in [0.15, 0.2) is 0 Å². The van der Waals surface area contributed by atoms with Crippen LogP contribution in [0.2, 0.25) is 5.02 Å². The van der Waals surface area contributed by atoms with E-state index in [2.05, 4.69) is 17.2 Å². The number of hydrogen-bond donors (Lipinski definition) is 1. The maximum atomic E-state index is 13.4. The van der Waals surface area contributed by atoms with Gasteiger partial charge in [0, 0.05) is 39.2 Å². The first kappa shape index (κ1) is 18.9. The lowest BCUT2D eigenvalue weighted by atomic mass is 9.99. The van der Waals surface area contributed by atoms with E-state index in [0.717, 1.165) is 10.4 Å². The molecule has 0 unspecified atom stereocenters. The van der Waals surface area contributed by atoms with Crippen molar-refractivity contribution in [2.24, 2.45) is 0 Å². The van der Waals surface area contributed by atoms with Gasteiger partial charge in [0.25, 0.3) is 5.91 Å². The van der Waals surface area contributed by atoms with E-state index in [0.29, 0.717) is 33.9 Å². The molecule has 0 radical (unpaired) electrons. The molecule has 1 N–H and O–H groups in total. The summed E-state index contributed by atoms with van der Waals surface area (Å²) in [5, 5.41) is 3.01. The van der Waals surface area contributed by atoms with E-state index >= 15 is 0 Å². The molecule has 0 spiro atoms. The number of rotatable bonds is 1. The van der Waals surface area contributed by atoms with Crippen LogP contribution < -0.4 is 5.32 Å². The molecule has 1 aromatic heterocycles. The number of nitrogens with one attached hydrogen (secondary N) is 1. The van der Waals surface area contributed by atoms with Crippen LogP contribution in [-0.4, -0.2) is 45.6 Å². The summed E-state index contributed by atoms with van der Waals surface area (Å²) < 4.78 is 31.5. The fourth-order valence-corrected chi connectivity index (χ4v) is 4.85. The third-order valence-corrected chi connectivity index (χ3v) is 6.20. The molecule has 7 nitrogen and oxygen atoms in total. The second kappa shape index (κ2) is 8.07. The number of ether oxygens (including phenoxy) is 1. The number of nitrogens with zero attached hydrogens (tertiary/aromatic N) is 3. The second-order valence-electron chi connectivity index (χ2n) is 9.34. The third kappa shape index (κ3) is 3.78. The monoisotopic (exact) mass is 479 g/mol. The predicted molar refractivity (Wildman–Crippen MR) is 130 cm³/mol. The Balaban J connectivity index is 1.54. The predicted octanol–water partition coefficient (Wildman–Crippen LogP) is 4.69. The van der Waals surface area contributed by atoms with Crippen LogP contribution in [0.4, 0.5) is 4.79 Å². The molecule has 34 heavy (non-hydrogen) atoms. The number of carbonyl (C=O) groups is 2. The van der Waals surface area contributed by atoms with E-state index in [1.807, 2.05) is 22.8 Å². The van der Waals surface area contributed by atoms with Gasteiger partial charge in [0.05, 0.1) is 29.7 Å². The highest BCUT2D eigenvalue weighted by Gasteiger charge is 2.44. The Kier molecular flexibility index (Phi) is 4.48. The zero-order valence-corrected chi connectivity index (χ0v) is 19.7. The molecule has 2 aromatic carbocycles. The number of aromatic nitrogens is 2. The smallest absolute Gasteiger partial charge is 0.408 e. The molecular weight excluding hydrogens is 452 g/mol. The highest BCUT2D eigenvalue weighted by atomic mass is 35.5. The van der Waals surface area contributed by atoms with Gasteiger partial charge in [-0.2, -0.15) is 0 Å². The van der Waals surface area contributed by atoms with Crippen molar-refractivity contribution in [3.63, 3.8) is 0 Å². The molecule has 0 aliphatic carbocycles. The van der Waals surface area contributed by atoms with Gasteiger partial charge < -0.3 is 19.5 Å². The Bertz CT molecular complexity index is 1500.